The second-order valence-corrected chi connectivity index (χ2v) is 9.58. The molecule has 0 aromatic heterocycles. The van der Waals surface area contributed by atoms with Crippen molar-refractivity contribution >= 4 is 11.8 Å². The van der Waals surface area contributed by atoms with E-state index in [0.29, 0.717) is 30.1 Å². The van der Waals surface area contributed by atoms with Crippen LogP contribution in [-0.2, 0) is 14.3 Å². The van der Waals surface area contributed by atoms with Gasteiger partial charge in [0.15, 0.2) is 0 Å². The van der Waals surface area contributed by atoms with Crippen LogP contribution in [0, 0.1) is 41.4 Å². The highest BCUT2D eigenvalue weighted by molar-refractivity contribution is 5.83. The molecule has 0 aromatic rings. The van der Waals surface area contributed by atoms with Crippen LogP contribution in [0.1, 0.15) is 79.6 Å². The van der Waals surface area contributed by atoms with E-state index in [1.54, 1.807) is 0 Å². The van der Waals surface area contributed by atoms with Crippen molar-refractivity contribution in [3.05, 3.63) is 0 Å². The molecule has 0 aromatic carbocycles. The van der Waals surface area contributed by atoms with Crippen molar-refractivity contribution in [2.45, 2.75) is 85.2 Å². The summed E-state index contributed by atoms with van der Waals surface area (Å²) in [5, 5.41) is 0. The summed E-state index contributed by atoms with van der Waals surface area (Å²) in [6.45, 7) is 10.6. The lowest BCUT2D eigenvalue weighted by molar-refractivity contribution is -0.173. The Kier molecular flexibility index (Phi) is 5.33. The van der Waals surface area contributed by atoms with Crippen molar-refractivity contribution in [1.82, 2.24) is 0 Å². The maximum Gasteiger partial charge on any atom is 0.309 e. The Morgan fingerprint density at radius 1 is 1.12 bits per heavy atom. The molecule has 3 aliphatic rings. The Balaban J connectivity index is 1.65. The summed E-state index contributed by atoms with van der Waals surface area (Å²) < 4.78 is 6.02. The van der Waals surface area contributed by atoms with Gasteiger partial charge in [-0.3, -0.25) is 9.59 Å². The molecule has 0 N–H and O–H groups in total. The normalized spacial score (nSPS) is 41.2. The van der Waals surface area contributed by atoms with E-state index >= 15 is 0 Å². The molecular weight excluding hydrogens is 312 g/mol. The van der Waals surface area contributed by atoms with E-state index in [1.165, 1.54) is 19.3 Å². The Hall–Kier alpha value is -0.860. The molecule has 7 unspecified atom stereocenters. The van der Waals surface area contributed by atoms with Gasteiger partial charge >= 0.3 is 5.97 Å². The van der Waals surface area contributed by atoms with Gasteiger partial charge in [-0.05, 0) is 69.1 Å². The molecule has 0 amide bonds. The number of Topliss-reactive ketones (excluding diaryl/α,β-unsaturated/α-hetero) is 1. The lowest BCUT2D eigenvalue weighted by Gasteiger charge is -2.39. The number of rotatable bonds is 5. The first-order valence-corrected chi connectivity index (χ1v) is 10.5. The lowest BCUT2D eigenvalue weighted by Crippen LogP contribution is -2.45. The van der Waals surface area contributed by atoms with E-state index in [1.807, 2.05) is 13.8 Å². The molecule has 0 radical (unpaired) electrons. The Morgan fingerprint density at radius 3 is 2.40 bits per heavy atom. The quantitative estimate of drug-likeness (QED) is 0.655. The van der Waals surface area contributed by atoms with E-state index in [0.717, 1.165) is 25.2 Å². The fourth-order valence-corrected chi connectivity index (χ4v) is 6.45. The highest BCUT2D eigenvalue weighted by atomic mass is 16.6. The SMILES string of the molecule is CCC1C2CC(C(=O)OC(C)(C)C3CCC(C)CC3=O)C(C2)C1CC. The third kappa shape index (κ3) is 3.40. The highest BCUT2D eigenvalue weighted by Gasteiger charge is 2.54. The minimum atomic E-state index is -0.665. The lowest BCUT2D eigenvalue weighted by atomic mass is 9.71. The third-order valence-corrected chi connectivity index (χ3v) is 7.69. The number of ether oxygens (including phenoxy) is 1. The zero-order valence-electron chi connectivity index (χ0n) is 16.7. The largest absolute Gasteiger partial charge is 0.459 e. The van der Waals surface area contributed by atoms with Crippen LogP contribution < -0.4 is 0 Å². The molecule has 7 atom stereocenters. The van der Waals surface area contributed by atoms with E-state index in [4.69, 9.17) is 4.74 Å². The predicted octanol–water partition coefficient (Wildman–Crippen LogP) is 5.02. The molecule has 3 saturated carbocycles. The van der Waals surface area contributed by atoms with Gasteiger partial charge in [-0.1, -0.05) is 33.6 Å². The summed E-state index contributed by atoms with van der Waals surface area (Å²) in [5.74, 6) is 3.35. The van der Waals surface area contributed by atoms with Crippen molar-refractivity contribution < 1.29 is 14.3 Å². The fourth-order valence-electron chi connectivity index (χ4n) is 6.45. The molecule has 142 valence electrons. The first-order chi connectivity index (χ1) is 11.8. The molecule has 2 bridgehead atoms. The van der Waals surface area contributed by atoms with E-state index in [2.05, 4.69) is 20.8 Å². The summed E-state index contributed by atoms with van der Waals surface area (Å²) in [4.78, 5) is 25.5. The number of esters is 1. The number of ketones is 1. The van der Waals surface area contributed by atoms with Crippen LogP contribution in [-0.4, -0.2) is 17.4 Å². The number of carbonyl (C=O) groups is 2. The summed E-state index contributed by atoms with van der Waals surface area (Å²) in [7, 11) is 0. The molecule has 25 heavy (non-hydrogen) atoms. The van der Waals surface area contributed by atoms with Crippen LogP contribution in [0.3, 0.4) is 0 Å². The second kappa shape index (κ2) is 7.04. The Bertz CT molecular complexity index is 523. The molecule has 0 spiro atoms. The fraction of sp³-hybridized carbons (Fsp3) is 0.909. The Morgan fingerprint density at radius 2 is 1.80 bits per heavy atom. The molecule has 3 aliphatic carbocycles. The van der Waals surface area contributed by atoms with E-state index < -0.39 is 5.60 Å². The van der Waals surface area contributed by atoms with Gasteiger partial charge in [0, 0.05) is 6.42 Å². The van der Waals surface area contributed by atoms with Gasteiger partial charge in [0.05, 0.1) is 11.8 Å². The summed E-state index contributed by atoms with van der Waals surface area (Å²) in [6, 6.07) is 0. The van der Waals surface area contributed by atoms with Crippen molar-refractivity contribution in [1.29, 1.82) is 0 Å². The number of hydrogen-bond acceptors (Lipinski definition) is 3. The molecule has 3 rings (SSSR count). The average Bonchev–Trinajstić information content (AvgIpc) is 3.11. The summed E-state index contributed by atoms with van der Waals surface area (Å²) >= 11 is 0. The minimum absolute atomic E-state index is 0.0306. The highest BCUT2D eigenvalue weighted by Crippen LogP contribution is 2.57. The molecule has 3 heteroatoms. The van der Waals surface area contributed by atoms with Gasteiger partial charge < -0.3 is 4.74 Å². The smallest absolute Gasteiger partial charge is 0.309 e. The predicted molar refractivity (Wildman–Crippen MR) is 98.9 cm³/mol. The minimum Gasteiger partial charge on any atom is -0.459 e. The van der Waals surface area contributed by atoms with Crippen LogP contribution in [0.2, 0.25) is 0 Å². The van der Waals surface area contributed by atoms with Crippen LogP contribution in [0.15, 0.2) is 0 Å². The van der Waals surface area contributed by atoms with Gasteiger partial charge in [0.1, 0.15) is 11.4 Å². The second-order valence-electron chi connectivity index (χ2n) is 9.58. The third-order valence-electron chi connectivity index (χ3n) is 7.69. The average molecular weight is 349 g/mol. The van der Waals surface area contributed by atoms with Gasteiger partial charge in [-0.25, -0.2) is 0 Å². The van der Waals surface area contributed by atoms with Crippen LogP contribution in [0.5, 0.6) is 0 Å². The van der Waals surface area contributed by atoms with Crippen molar-refractivity contribution in [2.75, 3.05) is 0 Å². The first kappa shape index (κ1) is 18.9. The number of fused-ring (bicyclic) bond motifs is 2. The topological polar surface area (TPSA) is 43.4 Å². The Labute approximate surface area is 153 Å². The van der Waals surface area contributed by atoms with Crippen molar-refractivity contribution in [2.24, 2.45) is 41.4 Å². The van der Waals surface area contributed by atoms with Crippen molar-refractivity contribution in [3.8, 4) is 0 Å². The standard InChI is InChI=1S/C22H36O3/c1-6-15-14-11-17(16(15)7-2)18(12-14)21(24)25-22(4,5)19-9-8-13(3)10-20(19)23/h13-19H,6-12H2,1-5H3. The van der Waals surface area contributed by atoms with Crippen LogP contribution >= 0.6 is 0 Å². The number of hydrogen-bond donors (Lipinski definition) is 0. The van der Waals surface area contributed by atoms with E-state index in [9.17, 15) is 9.59 Å². The van der Waals surface area contributed by atoms with Crippen molar-refractivity contribution in [3.63, 3.8) is 0 Å². The monoisotopic (exact) mass is 348 g/mol. The molecule has 3 nitrogen and oxygen atoms in total. The zero-order valence-corrected chi connectivity index (χ0v) is 16.7. The van der Waals surface area contributed by atoms with Gasteiger partial charge in [0.2, 0.25) is 0 Å². The number of carbonyl (C=O) groups excluding carboxylic acids is 2. The van der Waals surface area contributed by atoms with Gasteiger partial charge in [-0.2, -0.15) is 0 Å². The van der Waals surface area contributed by atoms with Crippen LogP contribution in [0.4, 0.5) is 0 Å². The summed E-state index contributed by atoms with van der Waals surface area (Å²) in [5.41, 5.74) is -0.665. The molecule has 3 fully saturated rings. The molecule has 0 aliphatic heterocycles. The maximum absolute atomic E-state index is 13.0. The maximum atomic E-state index is 13.0. The molecule has 0 heterocycles. The van der Waals surface area contributed by atoms with Crippen LogP contribution in [0.25, 0.3) is 0 Å². The van der Waals surface area contributed by atoms with Gasteiger partial charge in [0.25, 0.3) is 0 Å². The zero-order chi connectivity index (χ0) is 18.4. The molecular formula is C22H36O3. The molecule has 0 saturated heterocycles. The summed E-state index contributed by atoms with van der Waals surface area (Å²) in [6.07, 6.45) is 7.17. The van der Waals surface area contributed by atoms with E-state index in [-0.39, 0.29) is 23.6 Å². The van der Waals surface area contributed by atoms with Gasteiger partial charge in [-0.15, -0.1) is 0 Å². The first-order valence-electron chi connectivity index (χ1n) is 10.5.